The van der Waals surface area contributed by atoms with Crippen molar-refractivity contribution in [1.29, 1.82) is 0 Å². The topological polar surface area (TPSA) is 29.9 Å². The largest absolute Gasteiger partial charge is 0.333 e. The van der Waals surface area contributed by atoms with Crippen molar-refractivity contribution in [2.45, 2.75) is 33.0 Å². The molecule has 0 saturated heterocycles. The van der Waals surface area contributed by atoms with E-state index in [1.165, 1.54) is 22.3 Å². The van der Waals surface area contributed by atoms with E-state index in [1.54, 1.807) is 0 Å². The Morgan fingerprint density at radius 2 is 1.87 bits per heavy atom. The Labute approximate surface area is 138 Å². The quantitative estimate of drug-likeness (QED) is 0.743. The van der Waals surface area contributed by atoms with Crippen LogP contribution in [0.1, 0.15) is 35.2 Å². The van der Waals surface area contributed by atoms with Gasteiger partial charge in [0.05, 0.1) is 6.33 Å². The lowest BCUT2D eigenvalue weighted by Crippen LogP contribution is -2.18. The summed E-state index contributed by atoms with van der Waals surface area (Å²) in [6.07, 6.45) is 5.64. The highest BCUT2D eigenvalue weighted by Crippen LogP contribution is 2.15. The molecule has 0 fully saturated rings. The van der Waals surface area contributed by atoms with E-state index >= 15 is 0 Å². The van der Waals surface area contributed by atoms with Crippen LogP contribution in [0, 0.1) is 6.92 Å². The monoisotopic (exact) mass is 305 g/mol. The molecule has 0 bridgehead atoms. The maximum atomic E-state index is 4.07. The van der Waals surface area contributed by atoms with E-state index in [0.29, 0.717) is 6.04 Å². The maximum Gasteiger partial charge on any atom is 0.0949 e. The van der Waals surface area contributed by atoms with E-state index in [0.717, 1.165) is 13.1 Å². The molecule has 3 nitrogen and oxygen atoms in total. The number of aryl methyl sites for hydroxylation is 1. The lowest BCUT2D eigenvalue weighted by Gasteiger charge is -2.15. The predicted molar refractivity (Wildman–Crippen MR) is 94.2 cm³/mol. The van der Waals surface area contributed by atoms with Crippen LogP contribution >= 0.6 is 0 Å². The van der Waals surface area contributed by atoms with Gasteiger partial charge in [0.2, 0.25) is 0 Å². The van der Waals surface area contributed by atoms with Gasteiger partial charge in [-0.25, -0.2) is 4.98 Å². The second-order valence-corrected chi connectivity index (χ2v) is 6.07. The fourth-order valence-electron chi connectivity index (χ4n) is 2.68. The highest BCUT2D eigenvalue weighted by Gasteiger charge is 2.05. The third-order valence-electron chi connectivity index (χ3n) is 4.10. The number of hydrogen-bond acceptors (Lipinski definition) is 2. The van der Waals surface area contributed by atoms with Crippen molar-refractivity contribution in [3.05, 3.63) is 89.5 Å². The van der Waals surface area contributed by atoms with E-state index in [4.69, 9.17) is 0 Å². The number of aromatic nitrogens is 2. The van der Waals surface area contributed by atoms with Crippen molar-refractivity contribution >= 4 is 0 Å². The number of benzene rings is 2. The first-order chi connectivity index (χ1) is 11.2. The molecule has 0 radical (unpaired) electrons. The zero-order chi connectivity index (χ0) is 16.1. The zero-order valence-electron chi connectivity index (χ0n) is 13.7. The SMILES string of the molecule is Cc1cccc([C@H](C)NCc2ccc(Cn3ccnc3)cc2)c1. The molecule has 0 aliphatic heterocycles. The first-order valence-electron chi connectivity index (χ1n) is 8.04. The highest BCUT2D eigenvalue weighted by atomic mass is 15.0. The van der Waals surface area contributed by atoms with Crippen molar-refractivity contribution < 1.29 is 0 Å². The third-order valence-corrected chi connectivity index (χ3v) is 4.10. The predicted octanol–water partition coefficient (Wildman–Crippen LogP) is 4.09. The van der Waals surface area contributed by atoms with Gasteiger partial charge in [0.1, 0.15) is 0 Å². The van der Waals surface area contributed by atoms with E-state index in [-0.39, 0.29) is 0 Å². The van der Waals surface area contributed by atoms with E-state index < -0.39 is 0 Å². The molecule has 1 heterocycles. The molecule has 3 heteroatoms. The molecule has 0 saturated carbocycles. The van der Waals surface area contributed by atoms with Crippen molar-refractivity contribution in [2.75, 3.05) is 0 Å². The Kier molecular flexibility index (Phi) is 4.89. The summed E-state index contributed by atoms with van der Waals surface area (Å²) in [7, 11) is 0. The summed E-state index contributed by atoms with van der Waals surface area (Å²) in [6, 6.07) is 17.8. The minimum Gasteiger partial charge on any atom is -0.333 e. The number of nitrogens with zero attached hydrogens (tertiary/aromatic N) is 2. The molecule has 0 spiro atoms. The van der Waals surface area contributed by atoms with Gasteiger partial charge in [-0.3, -0.25) is 0 Å². The van der Waals surface area contributed by atoms with Gasteiger partial charge < -0.3 is 9.88 Å². The van der Waals surface area contributed by atoms with Crippen molar-refractivity contribution in [3.8, 4) is 0 Å². The lowest BCUT2D eigenvalue weighted by molar-refractivity contribution is 0.574. The van der Waals surface area contributed by atoms with Crippen LogP contribution in [0.3, 0.4) is 0 Å². The van der Waals surface area contributed by atoms with Gasteiger partial charge in [0.15, 0.2) is 0 Å². The lowest BCUT2D eigenvalue weighted by atomic mass is 10.1. The van der Waals surface area contributed by atoms with Crippen molar-refractivity contribution in [1.82, 2.24) is 14.9 Å². The zero-order valence-corrected chi connectivity index (χ0v) is 13.7. The van der Waals surface area contributed by atoms with Crippen LogP contribution in [0.15, 0.2) is 67.3 Å². The fourth-order valence-corrected chi connectivity index (χ4v) is 2.68. The summed E-state index contributed by atoms with van der Waals surface area (Å²) in [5.74, 6) is 0. The second kappa shape index (κ2) is 7.25. The Morgan fingerprint density at radius 1 is 1.09 bits per heavy atom. The molecule has 0 aliphatic carbocycles. The molecule has 0 amide bonds. The summed E-state index contributed by atoms with van der Waals surface area (Å²) in [5, 5.41) is 3.59. The minimum absolute atomic E-state index is 0.348. The average Bonchev–Trinajstić information content (AvgIpc) is 3.07. The molecule has 1 aromatic heterocycles. The highest BCUT2D eigenvalue weighted by molar-refractivity contribution is 5.26. The molecule has 1 atom stereocenters. The third kappa shape index (κ3) is 4.30. The van der Waals surface area contributed by atoms with Gasteiger partial charge in [-0.2, -0.15) is 0 Å². The van der Waals surface area contributed by atoms with Crippen LogP contribution in [0.25, 0.3) is 0 Å². The van der Waals surface area contributed by atoms with Crippen LogP contribution in [0.4, 0.5) is 0 Å². The smallest absolute Gasteiger partial charge is 0.0949 e. The molecule has 23 heavy (non-hydrogen) atoms. The number of rotatable bonds is 6. The van der Waals surface area contributed by atoms with Crippen LogP contribution in [0.5, 0.6) is 0 Å². The minimum atomic E-state index is 0.348. The number of nitrogens with one attached hydrogen (secondary N) is 1. The van der Waals surface area contributed by atoms with Crippen LogP contribution in [-0.2, 0) is 13.1 Å². The summed E-state index contributed by atoms with van der Waals surface area (Å²) >= 11 is 0. The molecular weight excluding hydrogens is 282 g/mol. The standard InChI is InChI=1S/C20H23N3/c1-16-4-3-5-20(12-16)17(2)22-13-18-6-8-19(9-7-18)14-23-11-10-21-15-23/h3-12,15,17,22H,13-14H2,1-2H3/t17-/m0/s1. The van der Waals surface area contributed by atoms with E-state index in [1.807, 2.05) is 18.7 Å². The summed E-state index contributed by atoms with van der Waals surface area (Å²) in [6.45, 7) is 6.09. The molecule has 0 unspecified atom stereocenters. The summed E-state index contributed by atoms with van der Waals surface area (Å²) in [4.78, 5) is 4.07. The normalized spacial score (nSPS) is 12.3. The molecular formula is C20H23N3. The first kappa shape index (κ1) is 15.5. The van der Waals surface area contributed by atoms with Crippen molar-refractivity contribution in [3.63, 3.8) is 0 Å². The number of hydrogen-bond donors (Lipinski definition) is 1. The van der Waals surface area contributed by atoms with E-state index in [9.17, 15) is 0 Å². The van der Waals surface area contributed by atoms with Gasteiger partial charge >= 0.3 is 0 Å². The molecule has 1 N–H and O–H groups in total. The average molecular weight is 305 g/mol. The van der Waals surface area contributed by atoms with Crippen LogP contribution in [-0.4, -0.2) is 9.55 Å². The van der Waals surface area contributed by atoms with Crippen LogP contribution < -0.4 is 5.32 Å². The first-order valence-corrected chi connectivity index (χ1v) is 8.04. The maximum absolute atomic E-state index is 4.07. The molecule has 0 aliphatic rings. The summed E-state index contributed by atoms with van der Waals surface area (Å²) < 4.78 is 2.08. The second-order valence-electron chi connectivity index (χ2n) is 6.07. The Bertz CT molecular complexity index is 730. The van der Waals surface area contributed by atoms with Crippen LogP contribution in [0.2, 0.25) is 0 Å². The number of imidazole rings is 1. The van der Waals surface area contributed by atoms with Gasteiger partial charge in [-0.1, -0.05) is 54.1 Å². The van der Waals surface area contributed by atoms with Gasteiger partial charge in [0.25, 0.3) is 0 Å². The fraction of sp³-hybridized carbons (Fsp3) is 0.250. The van der Waals surface area contributed by atoms with Gasteiger partial charge in [-0.15, -0.1) is 0 Å². The molecule has 2 aromatic carbocycles. The Balaban J connectivity index is 1.56. The van der Waals surface area contributed by atoms with Gasteiger partial charge in [0, 0.05) is 31.5 Å². The Hall–Kier alpha value is -2.39. The molecule has 118 valence electrons. The molecule has 3 aromatic rings. The molecule has 3 rings (SSSR count). The Morgan fingerprint density at radius 3 is 2.57 bits per heavy atom. The van der Waals surface area contributed by atoms with E-state index in [2.05, 4.69) is 77.2 Å². The summed E-state index contributed by atoms with van der Waals surface area (Å²) in [5.41, 5.74) is 5.24. The van der Waals surface area contributed by atoms with Gasteiger partial charge in [-0.05, 0) is 30.5 Å². The van der Waals surface area contributed by atoms with Crippen molar-refractivity contribution in [2.24, 2.45) is 0 Å².